The molecule has 3 nitrogen and oxygen atoms in total. The second kappa shape index (κ2) is 6.25. The Hall–Kier alpha value is -1.00. The molecule has 100 valence electrons. The number of hydrogen-bond acceptors (Lipinski definition) is 3. The Labute approximate surface area is 108 Å². The van der Waals surface area contributed by atoms with E-state index in [2.05, 4.69) is 17.3 Å². The summed E-state index contributed by atoms with van der Waals surface area (Å²) in [4.78, 5) is 4.15. The van der Waals surface area contributed by atoms with Gasteiger partial charge in [0.05, 0.1) is 11.7 Å². The third-order valence-electron chi connectivity index (χ3n) is 4.20. The van der Waals surface area contributed by atoms with Crippen LogP contribution in [-0.4, -0.2) is 4.98 Å². The lowest BCUT2D eigenvalue weighted by Gasteiger charge is -2.33. The van der Waals surface area contributed by atoms with Gasteiger partial charge in [-0.05, 0) is 36.8 Å². The van der Waals surface area contributed by atoms with Crippen LogP contribution in [0.4, 0.5) is 4.39 Å². The van der Waals surface area contributed by atoms with Gasteiger partial charge < -0.3 is 0 Å². The predicted octanol–water partition coefficient (Wildman–Crippen LogP) is 2.94. The van der Waals surface area contributed by atoms with Gasteiger partial charge >= 0.3 is 0 Å². The molecule has 0 spiro atoms. The Morgan fingerprint density at radius 2 is 2.17 bits per heavy atom. The van der Waals surface area contributed by atoms with Crippen molar-refractivity contribution in [1.82, 2.24) is 10.4 Å². The minimum Gasteiger partial charge on any atom is -0.271 e. The Balaban J connectivity index is 2.08. The average Bonchev–Trinajstić information content (AvgIpc) is 2.42. The maximum absolute atomic E-state index is 13.8. The standard InChI is InChI=1S/C14H22FN3/c1-2-10-5-7-11(8-6-10)13(18-16)14-12(15)4-3-9-17-14/h3-4,9-11,13,18H,2,5-8,16H2,1H3. The fourth-order valence-electron chi connectivity index (χ4n) is 2.99. The highest BCUT2D eigenvalue weighted by atomic mass is 19.1. The SMILES string of the molecule is CCC1CCC(C(NN)c2ncccc2F)CC1. The molecule has 1 aliphatic rings. The maximum Gasteiger partial charge on any atom is 0.146 e. The van der Waals surface area contributed by atoms with Gasteiger partial charge in [0.1, 0.15) is 5.82 Å². The molecule has 1 aromatic heterocycles. The molecule has 0 saturated heterocycles. The normalized spacial score (nSPS) is 25.9. The van der Waals surface area contributed by atoms with Gasteiger partial charge in [-0.25, -0.2) is 4.39 Å². The zero-order valence-corrected chi connectivity index (χ0v) is 10.9. The van der Waals surface area contributed by atoms with Crippen LogP contribution in [0.15, 0.2) is 18.3 Å². The Morgan fingerprint density at radius 3 is 2.72 bits per heavy atom. The molecule has 3 N–H and O–H groups in total. The van der Waals surface area contributed by atoms with Gasteiger partial charge in [0, 0.05) is 6.20 Å². The first-order valence-corrected chi connectivity index (χ1v) is 6.82. The van der Waals surface area contributed by atoms with Crippen molar-refractivity contribution >= 4 is 0 Å². The quantitative estimate of drug-likeness (QED) is 0.639. The number of hydrazine groups is 1. The molecular weight excluding hydrogens is 229 g/mol. The zero-order valence-electron chi connectivity index (χ0n) is 10.9. The number of nitrogens with zero attached hydrogens (tertiary/aromatic N) is 1. The van der Waals surface area contributed by atoms with E-state index in [0.29, 0.717) is 11.6 Å². The van der Waals surface area contributed by atoms with Crippen molar-refractivity contribution < 1.29 is 4.39 Å². The average molecular weight is 251 g/mol. The molecule has 0 amide bonds. The molecule has 18 heavy (non-hydrogen) atoms. The summed E-state index contributed by atoms with van der Waals surface area (Å²) in [5, 5.41) is 0. The van der Waals surface area contributed by atoms with E-state index in [-0.39, 0.29) is 11.9 Å². The van der Waals surface area contributed by atoms with Gasteiger partial charge in [-0.15, -0.1) is 0 Å². The van der Waals surface area contributed by atoms with Crippen LogP contribution in [0.25, 0.3) is 0 Å². The molecule has 1 aliphatic carbocycles. The van der Waals surface area contributed by atoms with Gasteiger partial charge in [0.2, 0.25) is 0 Å². The first kappa shape index (κ1) is 13.4. The summed E-state index contributed by atoms with van der Waals surface area (Å²) in [6, 6.07) is 2.90. The lowest BCUT2D eigenvalue weighted by molar-refractivity contribution is 0.214. The van der Waals surface area contributed by atoms with E-state index in [1.54, 1.807) is 12.3 Å². The summed E-state index contributed by atoms with van der Waals surface area (Å²) in [5.41, 5.74) is 3.22. The summed E-state index contributed by atoms with van der Waals surface area (Å²) >= 11 is 0. The van der Waals surface area contributed by atoms with Crippen LogP contribution in [0.2, 0.25) is 0 Å². The third kappa shape index (κ3) is 2.87. The molecule has 1 aromatic rings. The number of nitrogens with two attached hydrogens (primary N) is 1. The summed E-state index contributed by atoms with van der Waals surface area (Å²) in [7, 11) is 0. The van der Waals surface area contributed by atoms with Gasteiger partial charge in [0.15, 0.2) is 0 Å². The van der Waals surface area contributed by atoms with Crippen LogP contribution < -0.4 is 11.3 Å². The smallest absolute Gasteiger partial charge is 0.146 e. The number of hydrogen-bond donors (Lipinski definition) is 2. The summed E-state index contributed by atoms with van der Waals surface area (Å²) < 4.78 is 13.8. The lowest BCUT2D eigenvalue weighted by Crippen LogP contribution is -2.36. The van der Waals surface area contributed by atoms with Crippen molar-refractivity contribution in [3.05, 3.63) is 29.8 Å². The highest BCUT2D eigenvalue weighted by Crippen LogP contribution is 2.37. The van der Waals surface area contributed by atoms with Gasteiger partial charge in [-0.2, -0.15) is 0 Å². The number of pyridine rings is 1. The number of rotatable bonds is 4. The first-order chi connectivity index (χ1) is 8.76. The highest BCUT2D eigenvalue weighted by Gasteiger charge is 2.29. The Morgan fingerprint density at radius 1 is 1.44 bits per heavy atom. The van der Waals surface area contributed by atoms with Crippen molar-refractivity contribution in [2.45, 2.75) is 45.1 Å². The molecule has 0 radical (unpaired) electrons. The van der Waals surface area contributed by atoms with Gasteiger partial charge in [-0.1, -0.05) is 26.2 Å². The first-order valence-electron chi connectivity index (χ1n) is 6.82. The van der Waals surface area contributed by atoms with Gasteiger partial charge in [0.25, 0.3) is 0 Å². The summed E-state index contributed by atoms with van der Waals surface area (Å²) in [6.45, 7) is 2.24. The van der Waals surface area contributed by atoms with Crippen molar-refractivity contribution in [3.63, 3.8) is 0 Å². The van der Waals surface area contributed by atoms with Crippen molar-refractivity contribution in [2.75, 3.05) is 0 Å². The van der Waals surface area contributed by atoms with Crippen LogP contribution in [0, 0.1) is 17.7 Å². The molecule has 0 aliphatic heterocycles. The minimum absolute atomic E-state index is 0.163. The molecule has 1 fully saturated rings. The molecule has 2 rings (SSSR count). The molecule has 1 heterocycles. The summed E-state index contributed by atoms with van der Waals surface area (Å²) in [5.74, 6) is 6.57. The number of nitrogens with one attached hydrogen (secondary N) is 1. The molecule has 1 unspecified atom stereocenters. The monoisotopic (exact) mass is 251 g/mol. The molecule has 0 bridgehead atoms. The molecule has 1 atom stereocenters. The Bertz CT molecular complexity index is 375. The lowest BCUT2D eigenvalue weighted by atomic mass is 9.77. The fourth-order valence-corrected chi connectivity index (χ4v) is 2.99. The zero-order chi connectivity index (χ0) is 13.0. The van der Waals surface area contributed by atoms with E-state index in [1.807, 2.05) is 0 Å². The topological polar surface area (TPSA) is 50.9 Å². The Kier molecular flexibility index (Phi) is 4.66. The second-order valence-electron chi connectivity index (χ2n) is 5.20. The molecular formula is C14H22FN3. The maximum atomic E-state index is 13.8. The second-order valence-corrected chi connectivity index (χ2v) is 5.20. The van der Waals surface area contributed by atoms with Crippen molar-refractivity contribution in [3.8, 4) is 0 Å². The van der Waals surface area contributed by atoms with E-state index in [4.69, 9.17) is 5.84 Å². The minimum atomic E-state index is -0.266. The largest absolute Gasteiger partial charge is 0.271 e. The number of halogens is 1. The van der Waals surface area contributed by atoms with Crippen molar-refractivity contribution in [1.29, 1.82) is 0 Å². The van der Waals surface area contributed by atoms with Crippen LogP contribution in [-0.2, 0) is 0 Å². The molecule has 1 saturated carbocycles. The van der Waals surface area contributed by atoms with E-state index in [9.17, 15) is 4.39 Å². The number of aromatic nitrogens is 1. The molecule has 4 heteroatoms. The van der Waals surface area contributed by atoms with Crippen LogP contribution in [0.1, 0.15) is 50.8 Å². The van der Waals surface area contributed by atoms with E-state index in [1.165, 1.54) is 25.3 Å². The van der Waals surface area contributed by atoms with Gasteiger partial charge in [-0.3, -0.25) is 16.3 Å². The van der Waals surface area contributed by atoms with E-state index in [0.717, 1.165) is 18.8 Å². The summed E-state index contributed by atoms with van der Waals surface area (Å²) in [6.07, 6.45) is 7.50. The van der Waals surface area contributed by atoms with E-state index < -0.39 is 0 Å². The molecule has 0 aromatic carbocycles. The van der Waals surface area contributed by atoms with Crippen molar-refractivity contribution in [2.24, 2.45) is 17.7 Å². The highest BCUT2D eigenvalue weighted by molar-refractivity contribution is 5.12. The predicted molar refractivity (Wildman–Crippen MR) is 70.0 cm³/mol. The fraction of sp³-hybridized carbons (Fsp3) is 0.643. The third-order valence-corrected chi connectivity index (χ3v) is 4.20. The van der Waals surface area contributed by atoms with Crippen LogP contribution in [0.5, 0.6) is 0 Å². The van der Waals surface area contributed by atoms with Crippen LogP contribution in [0.3, 0.4) is 0 Å². The van der Waals surface area contributed by atoms with Crippen LogP contribution >= 0.6 is 0 Å². The van der Waals surface area contributed by atoms with E-state index >= 15 is 0 Å².